The quantitative estimate of drug-likeness (QED) is 0.679. The van der Waals surface area contributed by atoms with E-state index in [-0.39, 0.29) is 5.91 Å². The Hall–Kier alpha value is -1.91. The maximum absolute atomic E-state index is 11.9. The van der Waals surface area contributed by atoms with Crippen molar-refractivity contribution in [3.8, 4) is 0 Å². The van der Waals surface area contributed by atoms with E-state index in [1.54, 1.807) is 23.5 Å². The Morgan fingerprint density at radius 1 is 1.13 bits per heavy atom. The summed E-state index contributed by atoms with van der Waals surface area (Å²) in [4.78, 5) is 16.5. The summed E-state index contributed by atoms with van der Waals surface area (Å²) in [6.45, 7) is 0.669. The molecule has 0 aliphatic heterocycles. The second-order valence-corrected chi connectivity index (χ2v) is 6.88. The standard InChI is InChI=1S/C18H17ClN2OS/c19-14-9-7-13(8-10-14)12-17(22)20-11-3-6-18-21-15-4-1-2-5-16(15)23-18/h1-2,4-5,7-10H,3,6,11-12H2,(H,20,22). The smallest absolute Gasteiger partial charge is 0.224 e. The van der Waals surface area contributed by atoms with Crippen molar-refractivity contribution in [3.05, 3.63) is 64.1 Å². The topological polar surface area (TPSA) is 42.0 Å². The largest absolute Gasteiger partial charge is 0.356 e. The number of carbonyl (C=O) groups is 1. The molecule has 0 bridgehead atoms. The van der Waals surface area contributed by atoms with Crippen molar-refractivity contribution in [1.29, 1.82) is 0 Å². The molecule has 5 heteroatoms. The second-order valence-electron chi connectivity index (χ2n) is 5.33. The van der Waals surface area contributed by atoms with Gasteiger partial charge in [-0.15, -0.1) is 11.3 Å². The van der Waals surface area contributed by atoms with Gasteiger partial charge >= 0.3 is 0 Å². The predicted octanol–water partition coefficient (Wildman–Crippen LogP) is 4.24. The molecule has 0 aliphatic carbocycles. The molecular formula is C18H17ClN2OS. The third-order valence-corrected chi connectivity index (χ3v) is 4.85. The number of carbonyl (C=O) groups excluding carboxylic acids is 1. The second kappa shape index (κ2) is 7.57. The van der Waals surface area contributed by atoms with Crippen LogP contribution in [0.1, 0.15) is 17.0 Å². The van der Waals surface area contributed by atoms with Crippen LogP contribution in [0.3, 0.4) is 0 Å². The van der Waals surface area contributed by atoms with Crippen LogP contribution in [0.15, 0.2) is 48.5 Å². The summed E-state index contributed by atoms with van der Waals surface area (Å²) in [6.07, 6.45) is 2.17. The lowest BCUT2D eigenvalue weighted by Gasteiger charge is -2.04. The number of benzene rings is 2. The zero-order valence-electron chi connectivity index (χ0n) is 12.6. The third-order valence-electron chi connectivity index (χ3n) is 3.51. The lowest BCUT2D eigenvalue weighted by molar-refractivity contribution is -0.120. The fourth-order valence-corrected chi connectivity index (χ4v) is 3.48. The van der Waals surface area contributed by atoms with Crippen LogP contribution in [0.4, 0.5) is 0 Å². The molecule has 0 unspecified atom stereocenters. The summed E-state index contributed by atoms with van der Waals surface area (Å²) in [5, 5.41) is 4.76. The van der Waals surface area contributed by atoms with Crippen molar-refractivity contribution in [2.24, 2.45) is 0 Å². The lowest BCUT2D eigenvalue weighted by atomic mass is 10.1. The molecule has 3 aromatic rings. The average molecular weight is 345 g/mol. The number of thiazole rings is 1. The van der Waals surface area contributed by atoms with Gasteiger partial charge in [0.15, 0.2) is 0 Å². The van der Waals surface area contributed by atoms with Crippen molar-refractivity contribution >= 4 is 39.1 Å². The molecule has 0 saturated carbocycles. The van der Waals surface area contributed by atoms with Crippen molar-refractivity contribution in [1.82, 2.24) is 10.3 Å². The fraction of sp³-hybridized carbons (Fsp3) is 0.222. The van der Waals surface area contributed by atoms with Gasteiger partial charge in [-0.2, -0.15) is 0 Å². The van der Waals surface area contributed by atoms with E-state index in [4.69, 9.17) is 11.6 Å². The van der Waals surface area contributed by atoms with Crippen LogP contribution >= 0.6 is 22.9 Å². The number of rotatable bonds is 6. The maximum atomic E-state index is 11.9. The number of aromatic nitrogens is 1. The van der Waals surface area contributed by atoms with Gasteiger partial charge in [-0.05, 0) is 36.2 Å². The summed E-state index contributed by atoms with van der Waals surface area (Å²) in [5.41, 5.74) is 2.03. The van der Waals surface area contributed by atoms with E-state index in [0.717, 1.165) is 28.9 Å². The van der Waals surface area contributed by atoms with Crippen LogP contribution in [0, 0.1) is 0 Å². The van der Waals surface area contributed by atoms with E-state index in [1.165, 1.54) is 4.70 Å². The molecule has 1 amide bonds. The third kappa shape index (κ3) is 4.53. The molecule has 0 spiro atoms. The van der Waals surface area contributed by atoms with Crippen molar-refractivity contribution in [2.75, 3.05) is 6.54 Å². The van der Waals surface area contributed by atoms with Crippen LogP contribution in [-0.4, -0.2) is 17.4 Å². The number of aryl methyl sites for hydroxylation is 1. The Bertz CT molecular complexity index is 765. The average Bonchev–Trinajstić information content (AvgIpc) is 2.96. The van der Waals surface area contributed by atoms with E-state index >= 15 is 0 Å². The van der Waals surface area contributed by atoms with Crippen LogP contribution in [0.25, 0.3) is 10.2 Å². The molecule has 3 rings (SSSR count). The van der Waals surface area contributed by atoms with Gasteiger partial charge in [0.1, 0.15) is 0 Å². The first-order chi connectivity index (χ1) is 11.2. The Labute approximate surface area is 144 Å². The number of para-hydroxylation sites is 1. The molecule has 2 aromatic carbocycles. The lowest BCUT2D eigenvalue weighted by Crippen LogP contribution is -2.26. The highest BCUT2D eigenvalue weighted by Crippen LogP contribution is 2.22. The summed E-state index contributed by atoms with van der Waals surface area (Å²) >= 11 is 7.56. The van der Waals surface area contributed by atoms with Gasteiger partial charge in [-0.25, -0.2) is 4.98 Å². The number of hydrogen-bond acceptors (Lipinski definition) is 3. The Morgan fingerprint density at radius 3 is 2.70 bits per heavy atom. The Morgan fingerprint density at radius 2 is 1.91 bits per heavy atom. The molecule has 0 aliphatic rings. The minimum absolute atomic E-state index is 0.0385. The van der Waals surface area contributed by atoms with Crippen molar-refractivity contribution in [3.63, 3.8) is 0 Å². The number of fused-ring (bicyclic) bond motifs is 1. The highest BCUT2D eigenvalue weighted by molar-refractivity contribution is 7.18. The van der Waals surface area contributed by atoms with Crippen LogP contribution in [0.5, 0.6) is 0 Å². The van der Waals surface area contributed by atoms with Gasteiger partial charge in [0.25, 0.3) is 0 Å². The van der Waals surface area contributed by atoms with Gasteiger partial charge in [-0.1, -0.05) is 35.9 Å². The first kappa shape index (κ1) is 16.0. The molecule has 0 atom stereocenters. The highest BCUT2D eigenvalue weighted by Gasteiger charge is 2.05. The van der Waals surface area contributed by atoms with E-state index in [2.05, 4.69) is 16.4 Å². The molecule has 1 aromatic heterocycles. The van der Waals surface area contributed by atoms with E-state index in [0.29, 0.717) is 18.0 Å². The first-order valence-electron chi connectivity index (χ1n) is 7.56. The van der Waals surface area contributed by atoms with E-state index < -0.39 is 0 Å². The van der Waals surface area contributed by atoms with Crippen molar-refractivity contribution in [2.45, 2.75) is 19.3 Å². The summed E-state index contributed by atoms with van der Waals surface area (Å²) in [7, 11) is 0. The Kier molecular flexibility index (Phi) is 5.26. The molecule has 23 heavy (non-hydrogen) atoms. The molecule has 3 nitrogen and oxygen atoms in total. The molecule has 1 heterocycles. The zero-order valence-corrected chi connectivity index (χ0v) is 14.2. The van der Waals surface area contributed by atoms with Gasteiger partial charge in [-0.3, -0.25) is 4.79 Å². The zero-order chi connectivity index (χ0) is 16.1. The van der Waals surface area contributed by atoms with E-state index in [1.807, 2.05) is 30.3 Å². The number of halogens is 1. The summed E-state index contributed by atoms with van der Waals surface area (Å²) in [6, 6.07) is 15.5. The molecule has 0 saturated heterocycles. The van der Waals surface area contributed by atoms with Crippen LogP contribution in [-0.2, 0) is 17.6 Å². The monoisotopic (exact) mass is 344 g/mol. The first-order valence-corrected chi connectivity index (χ1v) is 8.76. The fourth-order valence-electron chi connectivity index (χ4n) is 2.34. The summed E-state index contributed by atoms with van der Waals surface area (Å²) in [5.74, 6) is 0.0385. The predicted molar refractivity (Wildman–Crippen MR) is 96.1 cm³/mol. The highest BCUT2D eigenvalue weighted by atomic mass is 35.5. The van der Waals surface area contributed by atoms with E-state index in [9.17, 15) is 4.79 Å². The van der Waals surface area contributed by atoms with Gasteiger partial charge < -0.3 is 5.32 Å². The molecule has 118 valence electrons. The summed E-state index contributed by atoms with van der Waals surface area (Å²) < 4.78 is 1.22. The van der Waals surface area contributed by atoms with Gasteiger partial charge in [0.05, 0.1) is 21.6 Å². The minimum atomic E-state index is 0.0385. The molecule has 1 N–H and O–H groups in total. The SMILES string of the molecule is O=C(Cc1ccc(Cl)cc1)NCCCc1nc2ccccc2s1. The number of nitrogens with one attached hydrogen (secondary N) is 1. The molecule has 0 radical (unpaired) electrons. The van der Waals surface area contributed by atoms with Crippen molar-refractivity contribution < 1.29 is 4.79 Å². The number of hydrogen-bond donors (Lipinski definition) is 1. The number of amides is 1. The number of nitrogens with zero attached hydrogens (tertiary/aromatic N) is 1. The molecular weight excluding hydrogens is 328 g/mol. The Balaban J connectivity index is 1.42. The minimum Gasteiger partial charge on any atom is -0.356 e. The maximum Gasteiger partial charge on any atom is 0.224 e. The van der Waals surface area contributed by atoms with Gasteiger partial charge in [0.2, 0.25) is 5.91 Å². The molecule has 0 fully saturated rings. The van der Waals surface area contributed by atoms with Crippen LogP contribution < -0.4 is 5.32 Å². The van der Waals surface area contributed by atoms with Crippen LogP contribution in [0.2, 0.25) is 5.02 Å². The normalized spacial score (nSPS) is 10.8. The van der Waals surface area contributed by atoms with Gasteiger partial charge in [0, 0.05) is 18.0 Å².